The summed E-state index contributed by atoms with van der Waals surface area (Å²) >= 11 is 12.3. The van der Waals surface area contributed by atoms with Crippen LogP contribution >= 0.6 is 23.2 Å². The molecule has 0 unspecified atom stereocenters. The second kappa shape index (κ2) is 7.70. The molecule has 2 aromatic rings. The topological polar surface area (TPSA) is 94.4 Å². The number of carbonyl (C=O) groups excluding carboxylic acids is 3. The molecule has 1 saturated heterocycles. The van der Waals surface area contributed by atoms with Crippen molar-refractivity contribution in [1.82, 2.24) is 5.01 Å². The predicted octanol–water partition coefficient (Wildman–Crippen LogP) is 3.54. The highest BCUT2D eigenvalue weighted by Crippen LogP contribution is 2.33. The van der Waals surface area contributed by atoms with Crippen LogP contribution in [0.1, 0.15) is 11.1 Å². The van der Waals surface area contributed by atoms with E-state index < -0.39 is 29.8 Å². The van der Waals surface area contributed by atoms with Crippen molar-refractivity contribution in [3.63, 3.8) is 0 Å². The fourth-order valence-corrected chi connectivity index (χ4v) is 3.84. The Morgan fingerprint density at radius 1 is 1.07 bits per heavy atom. The molecule has 0 radical (unpaired) electrons. The van der Waals surface area contributed by atoms with Crippen LogP contribution in [0.25, 0.3) is 0 Å². The lowest BCUT2D eigenvalue weighted by molar-refractivity contribution is -0.123. The van der Waals surface area contributed by atoms with Gasteiger partial charge in [-0.05, 0) is 49.2 Å². The van der Waals surface area contributed by atoms with E-state index in [1.54, 1.807) is 30.3 Å². The molecule has 4 rings (SSSR count). The van der Waals surface area contributed by atoms with Crippen molar-refractivity contribution >= 4 is 52.3 Å². The van der Waals surface area contributed by atoms with Gasteiger partial charge in [-0.2, -0.15) is 5.11 Å². The molecule has 2 aliphatic rings. The zero-order valence-corrected chi connectivity index (χ0v) is 17.6. The Balaban J connectivity index is 1.50. The normalized spacial score (nSPS) is 20.1. The van der Waals surface area contributed by atoms with E-state index in [-0.39, 0.29) is 6.54 Å². The van der Waals surface area contributed by atoms with Gasteiger partial charge in [-0.3, -0.25) is 19.4 Å². The standard InChI is InChI=1S/C20H17Cl2N5O3/c1-10-3-6-15(14(22)7-10)23-16(28)9-26-18-17(24-25-26)19(29)27(20(18)30)12-5-4-11(2)13(21)8-12/h3-8,17-18H,9H2,1-2H3,(H,23,28)/t17-,18-/m1/s1. The summed E-state index contributed by atoms with van der Waals surface area (Å²) in [5.74, 6) is -1.44. The van der Waals surface area contributed by atoms with E-state index in [1.807, 2.05) is 19.9 Å². The molecule has 0 aromatic heterocycles. The van der Waals surface area contributed by atoms with E-state index in [0.29, 0.717) is 21.4 Å². The van der Waals surface area contributed by atoms with E-state index >= 15 is 0 Å². The van der Waals surface area contributed by atoms with Gasteiger partial charge in [0.15, 0.2) is 12.1 Å². The molecule has 0 bridgehead atoms. The third-order valence-corrected chi connectivity index (χ3v) is 5.70. The average Bonchev–Trinajstić information content (AvgIpc) is 3.20. The van der Waals surface area contributed by atoms with Crippen molar-refractivity contribution in [2.75, 3.05) is 16.8 Å². The summed E-state index contributed by atoms with van der Waals surface area (Å²) in [7, 11) is 0. The smallest absolute Gasteiger partial charge is 0.263 e. The number of benzene rings is 2. The van der Waals surface area contributed by atoms with E-state index in [9.17, 15) is 14.4 Å². The van der Waals surface area contributed by atoms with Crippen molar-refractivity contribution in [2.24, 2.45) is 10.3 Å². The van der Waals surface area contributed by atoms with Gasteiger partial charge >= 0.3 is 0 Å². The number of rotatable bonds is 4. The molecule has 30 heavy (non-hydrogen) atoms. The summed E-state index contributed by atoms with van der Waals surface area (Å²) in [5, 5.41) is 12.5. The lowest BCUT2D eigenvalue weighted by Gasteiger charge is -2.20. The van der Waals surface area contributed by atoms with Gasteiger partial charge in [0, 0.05) is 5.02 Å². The van der Waals surface area contributed by atoms with Crippen LogP contribution in [0.2, 0.25) is 10.0 Å². The fourth-order valence-electron chi connectivity index (χ4n) is 3.39. The molecule has 0 spiro atoms. The first-order chi connectivity index (χ1) is 14.3. The first-order valence-electron chi connectivity index (χ1n) is 9.13. The number of aryl methyl sites for hydroxylation is 2. The molecular weight excluding hydrogens is 429 g/mol. The summed E-state index contributed by atoms with van der Waals surface area (Å²) in [6.45, 7) is 3.46. The first kappa shape index (κ1) is 20.3. The highest BCUT2D eigenvalue weighted by molar-refractivity contribution is 6.34. The van der Waals surface area contributed by atoms with Gasteiger partial charge in [0.25, 0.3) is 11.8 Å². The molecule has 10 heteroatoms. The molecule has 154 valence electrons. The van der Waals surface area contributed by atoms with Crippen molar-refractivity contribution in [2.45, 2.75) is 25.9 Å². The van der Waals surface area contributed by atoms with Crippen LogP contribution in [0.15, 0.2) is 46.7 Å². The minimum atomic E-state index is -0.992. The van der Waals surface area contributed by atoms with Crippen LogP contribution in [0.5, 0.6) is 0 Å². The molecule has 2 atom stereocenters. The van der Waals surface area contributed by atoms with Gasteiger partial charge in [0.1, 0.15) is 6.54 Å². The maximum atomic E-state index is 13.0. The Labute approximate surface area is 182 Å². The minimum Gasteiger partial charge on any atom is -0.323 e. The van der Waals surface area contributed by atoms with Gasteiger partial charge in [-0.15, -0.1) is 0 Å². The highest BCUT2D eigenvalue weighted by atomic mass is 35.5. The zero-order chi connectivity index (χ0) is 21.6. The molecular formula is C20H17Cl2N5O3. The second-order valence-electron chi connectivity index (χ2n) is 7.17. The predicted molar refractivity (Wildman–Crippen MR) is 113 cm³/mol. The Morgan fingerprint density at radius 2 is 1.83 bits per heavy atom. The van der Waals surface area contributed by atoms with Crippen LogP contribution in [0.3, 0.4) is 0 Å². The summed E-state index contributed by atoms with van der Waals surface area (Å²) in [6, 6.07) is 8.20. The lowest BCUT2D eigenvalue weighted by Crippen LogP contribution is -2.43. The van der Waals surface area contributed by atoms with Crippen LogP contribution in [0.4, 0.5) is 11.4 Å². The minimum absolute atomic E-state index is 0.254. The summed E-state index contributed by atoms with van der Waals surface area (Å²) < 4.78 is 0. The Morgan fingerprint density at radius 3 is 2.53 bits per heavy atom. The van der Waals surface area contributed by atoms with E-state index in [4.69, 9.17) is 23.2 Å². The van der Waals surface area contributed by atoms with Crippen LogP contribution in [0, 0.1) is 13.8 Å². The number of amides is 3. The zero-order valence-electron chi connectivity index (χ0n) is 16.1. The Hall–Kier alpha value is -2.97. The maximum Gasteiger partial charge on any atom is 0.263 e. The number of hydrogen-bond acceptors (Lipinski definition) is 6. The van der Waals surface area contributed by atoms with Crippen molar-refractivity contribution < 1.29 is 14.4 Å². The number of fused-ring (bicyclic) bond motifs is 1. The van der Waals surface area contributed by atoms with Crippen molar-refractivity contribution in [1.29, 1.82) is 0 Å². The molecule has 3 amide bonds. The molecule has 2 aliphatic heterocycles. The number of nitrogens with zero attached hydrogens (tertiary/aromatic N) is 4. The molecule has 1 fully saturated rings. The van der Waals surface area contributed by atoms with Crippen molar-refractivity contribution in [3.05, 3.63) is 57.6 Å². The second-order valence-corrected chi connectivity index (χ2v) is 7.98. The van der Waals surface area contributed by atoms with Gasteiger partial charge < -0.3 is 5.32 Å². The SMILES string of the molecule is Cc1ccc(NC(=O)CN2N=N[C@H]3C(=O)N(c4ccc(C)c(Cl)c4)C(=O)[C@@H]32)c(Cl)c1. The van der Waals surface area contributed by atoms with Gasteiger partial charge in [-0.1, -0.05) is 40.6 Å². The summed E-state index contributed by atoms with van der Waals surface area (Å²) in [4.78, 5) is 39.3. The number of halogens is 2. The summed E-state index contributed by atoms with van der Waals surface area (Å²) in [6.07, 6.45) is 0. The van der Waals surface area contributed by atoms with Gasteiger partial charge in [0.05, 0.1) is 16.4 Å². The summed E-state index contributed by atoms with van der Waals surface area (Å²) in [5.41, 5.74) is 2.60. The van der Waals surface area contributed by atoms with Crippen LogP contribution < -0.4 is 10.2 Å². The van der Waals surface area contributed by atoms with Crippen LogP contribution in [-0.2, 0) is 14.4 Å². The number of hydrogen-bond donors (Lipinski definition) is 1. The fraction of sp³-hybridized carbons (Fsp3) is 0.250. The monoisotopic (exact) mass is 445 g/mol. The molecule has 0 aliphatic carbocycles. The van der Waals surface area contributed by atoms with E-state index in [1.165, 1.54) is 5.01 Å². The number of nitrogens with one attached hydrogen (secondary N) is 1. The molecule has 8 nitrogen and oxygen atoms in total. The maximum absolute atomic E-state index is 13.0. The van der Waals surface area contributed by atoms with E-state index in [2.05, 4.69) is 15.7 Å². The molecule has 2 heterocycles. The van der Waals surface area contributed by atoms with Gasteiger partial charge in [-0.25, -0.2) is 4.90 Å². The Kier molecular flexibility index (Phi) is 5.21. The number of imide groups is 1. The van der Waals surface area contributed by atoms with Gasteiger partial charge in [0.2, 0.25) is 5.91 Å². The van der Waals surface area contributed by atoms with E-state index in [0.717, 1.165) is 16.0 Å². The highest BCUT2D eigenvalue weighted by Gasteiger charge is 2.55. The molecule has 2 aromatic carbocycles. The quantitative estimate of drug-likeness (QED) is 0.727. The lowest BCUT2D eigenvalue weighted by atomic mass is 10.1. The average molecular weight is 446 g/mol. The third kappa shape index (κ3) is 3.53. The largest absolute Gasteiger partial charge is 0.323 e. The molecule has 1 N–H and O–H groups in total. The third-order valence-electron chi connectivity index (χ3n) is 4.98. The number of anilines is 2. The Bertz CT molecular complexity index is 1100. The number of carbonyl (C=O) groups is 3. The molecule has 0 saturated carbocycles. The van der Waals surface area contributed by atoms with Crippen molar-refractivity contribution in [3.8, 4) is 0 Å². The van der Waals surface area contributed by atoms with Crippen LogP contribution in [-0.4, -0.2) is 41.4 Å². The first-order valence-corrected chi connectivity index (χ1v) is 9.89.